The van der Waals surface area contributed by atoms with Gasteiger partial charge in [-0.25, -0.2) is 0 Å². The first-order chi connectivity index (χ1) is 6.71. The van der Waals surface area contributed by atoms with Gasteiger partial charge < -0.3 is 4.90 Å². The van der Waals surface area contributed by atoms with Gasteiger partial charge in [-0.2, -0.15) is 0 Å². The molecule has 0 radical (unpaired) electrons. The third-order valence-electron chi connectivity index (χ3n) is 3.50. The third kappa shape index (κ3) is 1.17. The lowest BCUT2D eigenvalue weighted by molar-refractivity contribution is 0.270. The standard InChI is InChI=1S/C12H14BrN/c1-14-7-9-3-2-4-10(13)11(9)12(8-14)5-6-12/h2-4H,5-8H2,1H3. The van der Waals surface area contributed by atoms with E-state index in [1.807, 2.05) is 0 Å². The Labute approximate surface area is 93.2 Å². The molecule has 1 aliphatic carbocycles. The van der Waals surface area contributed by atoms with Gasteiger partial charge in [0.2, 0.25) is 0 Å². The van der Waals surface area contributed by atoms with E-state index in [1.54, 1.807) is 5.56 Å². The molecule has 0 unspecified atom stereocenters. The van der Waals surface area contributed by atoms with Crippen molar-refractivity contribution >= 4 is 15.9 Å². The molecule has 0 amide bonds. The highest BCUT2D eigenvalue weighted by Gasteiger charge is 2.49. The van der Waals surface area contributed by atoms with Crippen LogP contribution in [0.15, 0.2) is 22.7 Å². The number of hydrogen-bond donors (Lipinski definition) is 0. The van der Waals surface area contributed by atoms with E-state index in [2.05, 4.69) is 46.1 Å². The molecule has 1 spiro atoms. The first-order valence-electron chi connectivity index (χ1n) is 5.18. The van der Waals surface area contributed by atoms with Gasteiger partial charge in [-0.15, -0.1) is 0 Å². The molecule has 0 saturated heterocycles. The summed E-state index contributed by atoms with van der Waals surface area (Å²) in [5.74, 6) is 0. The molecule has 0 atom stereocenters. The molecule has 14 heavy (non-hydrogen) atoms. The van der Waals surface area contributed by atoms with Gasteiger partial charge in [0, 0.05) is 23.0 Å². The molecule has 1 aromatic rings. The van der Waals surface area contributed by atoms with Crippen LogP contribution in [-0.4, -0.2) is 18.5 Å². The third-order valence-corrected chi connectivity index (χ3v) is 4.16. The van der Waals surface area contributed by atoms with Gasteiger partial charge in [-0.05, 0) is 37.1 Å². The van der Waals surface area contributed by atoms with Crippen LogP contribution in [0.4, 0.5) is 0 Å². The predicted molar refractivity (Wildman–Crippen MR) is 61.4 cm³/mol. The van der Waals surface area contributed by atoms with Crippen molar-refractivity contribution in [2.45, 2.75) is 24.8 Å². The SMILES string of the molecule is CN1Cc2cccc(Br)c2C2(CC2)C1. The summed E-state index contributed by atoms with van der Waals surface area (Å²) in [5.41, 5.74) is 3.62. The van der Waals surface area contributed by atoms with E-state index >= 15 is 0 Å². The van der Waals surface area contributed by atoms with Gasteiger partial charge in [0.25, 0.3) is 0 Å². The Bertz CT molecular complexity index is 382. The average molecular weight is 252 g/mol. The molecular weight excluding hydrogens is 238 g/mol. The number of benzene rings is 1. The predicted octanol–water partition coefficient (Wildman–Crippen LogP) is 2.93. The topological polar surface area (TPSA) is 3.24 Å². The lowest BCUT2D eigenvalue weighted by Gasteiger charge is -2.33. The first kappa shape index (κ1) is 8.93. The summed E-state index contributed by atoms with van der Waals surface area (Å²) in [7, 11) is 2.23. The van der Waals surface area contributed by atoms with Crippen LogP contribution in [0.1, 0.15) is 24.0 Å². The largest absolute Gasteiger partial charge is 0.301 e. The lowest BCUT2D eigenvalue weighted by Crippen LogP contribution is -2.35. The Morgan fingerprint density at radius 2 is 2.14 bits per heavy atom. The molecule has 0 bridgehead atoms. The van der Waals surface area contributed by atoms with Crippen LogP contribution >= 0.6 is 15.9 Å². The van der Waals surface area contributed by atoms with Crippen molar-refractivity contribution in [1.29, 1.82) is 0 Å². The molecule has 1 heterocycles. The van der Waals surface area contributed by atoms with Crippen molar-refractivity contribution in [2.24, 2.45) is 0 Å². The molecule has 3 rings (SSSR count). The van der Waals surface area contributed by atoms with E-state index < -0.39 is 0 Å². The fourth-order valence-electron chi connectivity index (χ4n) is 2.80. The normalized spacial score (nSPS) is 23.6. The summed E-state index contributed by atoms with van der Waals surface area (Å²) in [6.45, 7) is 2.35. The molecule has 1 aromatic carbocycles. The van der Waals surface area contributed by atoms with Crippen molar-refractivity contribution in [2.75, 3.05) is 13.6 Å². The molecule has 0 aromatic heterocycles. The van der Waals surface area contributed by atoms with E-state index in [-0.39, 0.29) is 0 Å². The van der Waals surface area contributed by atoms with Gasteiger partial charge in [0.15, 0.2) is 0 Å². The summed E-state index contributed by atoms with van der Waals surface area (Å²) in [6, 6.07) is 6.61. The van der Waals surface area contributed by atoms with Crippen LogP contribution in [0.5, 0.6) is 0 Å². The summed E-state index contributed by atoms with van der Waals surface area (Å²) in [5, 5.41) is 0. The van der Waals surface area contributed by atoms with E-state index in [4.69, 9.17) is 0 Å². The first-order valence-corrected chi connectivity index (χ1v) is 5.97. The van der Waals surface area contributed by atoms with Gasteiger partial charge in [0.1, 0.15) is 0 Å². The fraction of sp³-hybridized carbons (Fsp3) is 0.500. The molecule has 2 heteroatoms. The molecule has 1 saturated carbocycles. The second-order valence-corrected chi connectivity index (χ2v) is 5.58. The minimum atomic E-state index is 0.502. The van der Waals surface area contributed by atoms with Gasteiger partial charge >= 0.3 is 0 Å². The number of rotatable bonds is 0. The summed E-state index contributed by atoms with van der Waals surface area (Å²) >= 11 is 3.70. The molecule has 1 nitrogen and oxygen atoms in total. The van der Waals surface area contributed by atoms with Crippen molar-refractivity contribution < 1.29 is 0 Å². The van der Waals surface area contributed by atoms with Crippen LogP contribution in [0, 0.1) is 0 Å². The maximum Gasteiger partial charge on any atom is 0.0234 e. The summed E-state index contributed by atoms with van der Waals surface area (Å²) < 4.78 is 1.32. The van der Waals surface area contributed by atoms with E-state index in [0.717, 1.165) is 6.54 Å². The number of halogens is 1. The maximum absolute atomic E-state index is 3.70. The molecule has 1 fully saturated rings. The minimum absolute atomic E-state index is 0.502. The second kappa shape index (κ2) is 2.83. The van der Waals surface area contributed by atoms with Crippen LogP contribution in [0.2, 0.25) is 0 Å². The second-order valence-electron chi connectivity index (χ2n) is 4.73. The van der Waals surface area contributed by atoms with Crippen molar-refractivity contribution in [3.8, 4) is 0 Å². The van der Waals surface area contributed by atoms with Crippen molar-refractivity contribution in [3.05, 3.63) is 33.8 Å². The molecule has 2 aliphatic rings. The van der Waals surface area contributed by atoms with Crippen molar-refractivity contribution in [1.82, 2.24) is 4.90 Å². The number of fused-ring (bicyclic) bond motifs is 2. The van der Waals surface area contributed by atoms with Crippen molar-refractivity contribution in [3.63, 3.8) is 0 Å². The van der Waals surface area contributed by atoms with Crippen LogP contribution < -0.4 is 0 Å². The highest BCUT2D eigenvalue weighted by atomic mass is 79.9. The van der Waals surface area contributed by atoms with Crippen LogP contribution in [0.25, 0.3) is 0 Å². The molecule has 0 N–H and O–H groups in total. The van der Waals surface area contributed by atoms with Gasteiger partial charge in [0.05, 0.1) is 0 Å². The number of nitrogens with zero attached hydrogens (tertiary/aromatic N) is 1. The van der Waals surface area contributed by atoms with Crippen LogP contribution in [-0.2, 0) is 12.0 Å². The Kier molecular flexibility index (Phi) is 1.80. The van der Waals surface area contributed by atoms with E-state index in [1.165, 1.54) is 29.4 Å². The zero-order valence-corrected chi connectivity index (χ0v) is 9.97. The minimum Gasteiger partial charge on any atom is -0.301 e. The Morgan fingerprint density at radius 1 is 1.36 bits per heavy atom. The van der Waals surface area contributed by atoms with Gasteiger partial charge in [-0.1, -0.05) is 28.1 Å². The number of likely N-dealkylation sites (N-methyl/N-ethyl adjacent to an activating group) is 1. The lowest BCUT2D eigenvalue weighted by atomic mass is 9.87. The average Bonchev–Trinajstić information content (AvgIpc) is 2.84. The molecule has 74 valence electrons. The summed E-state index contributed by atoms with van der Waals surface area (Å²) in [6.07, 6.45) is 2.74. The Hall–Kier alpha value is -0.340. The molecular formula is C12H14BrN. The Morgan fingerprint density at radius 3 is 2.86 bits per heavy atom. The highest BCUT2D eigenvalue weighted by Crippen LogP contribution is 2.54. The maximum atomic E-state index is 3.70. The van der Waals surface area contributed by atoms with E-state index in [9.17, 15) is 0 Å². The molecule has 1 aliphatic heterocycles. The monoisotopic (exact) mass is 251 g/mol. The summed E-state index contributed by atoms with van der Waals surface area (Å²) in [4.78, 5) is 2.45. The number of hydrogen-bond acceptors (Lipinski definition) is 1. The highest BCUT2D eigenvalue weighted by molar-refractivity contribution is 9.10. The fourth-order valence-corrected chi connectivity index (χ4v) is 3.62. The Balaban J connectivity index is 2.18. The zero-order chi connectivity index (χ0) is 9.76. The quantitative estimate of drug-likeness (QED) is 0.686. The zero-order valence-electron chi connectivity index (χ0n) is 8.39. The van der Waals surface area contributed by atoms with Gasteiger partial charge in [-0.3, -0.25) is 0 Å². The van der Waals surface area contributed by atoms with E-state index in [0.29, 0.717) is 5.41 Å². The van der Waals surface area contributed by atoms with Crippen LogP contribution in [0.3, 0.4) is 0 Å². The smallest absolute Gasteiger partial charge is 0.0234 e.